The zero-order valence-electron chi connectivity index (χ0n) is 9.83. The number of anilines is 1. The van der Waals surface area contributed by atoms with Crippen LogP contribution < -0.4 is 4.90 Å². The molecule has 2 aromatic rings. The summed E-state index contributed by atoms with van der Waals surface area (Å²) in [4.78, 5) is 22.0. The fourth-order valence-electron chi connectivity index (χ4n) is 2.28. The zero-order valence-corrected chi connectivity index (χ0v) is 9.83. The number of hydrogen-bond donors (Lipinski definition) is 1. The van der Waals surface area contributed by atoms with Gasteiger partial charge in [-0.15, -0.1) is 0 Å². The van der Waals surface area contributed by atoms with Gasteiger partial charge < -0.3 is 10.0 Å². The number of carbonyl (C=O) groups is 1. The number of para-hydroxylation sites is 2. The number of nitrogens with zero attached hydrogens (tertiary/aromatic N) is 3. The van der Waals surface area contributed by atoms with E-state index in [2.05, 4.69) is 9.97 Å². The first-order valence-electron chi connectivity index (χ1n) is 6.01. The molecule has 0 unspecified atom stereocenters. The maximum Gasteiger partial charge on any atom is 0.358 e. The molecule has 1 aromatic carbocycles. The fraction of sp³-hybridized carbons (Fsp3) is 0.308. The van der Waals surface area contributed by atoms with E-state index < -0.39 is 5.97 Å². The molecule has 0 bridgehead atoms. The first kappa shape index (κ1) is 11.0. The van der Waals surface area contributed by atoms with Crippen LogP contribution in [0, 0.1) is 0 Å². The lowest BCUT2D eigenvalue weighted by molar-refractivity contribution is 0.0691. The van der Waals surface area contributed by atoms with Gasteiger partial charge in [0.15, 0.2) is 11.5 Å². The summed E-state index contributed by atoms with van der Waals surface area (Å²) in [6.07, 6.45) is 2.15. The van der Waals surface area contributed by atoms with E-state index in [4.69, 9.17) is 0 Å². The van der Waals surface area contributed by atoms with Crippen molar-refractivity contribution < 1.29 is 9.90 Å². The highest BCUT2D eigenvalue weighted by atomic mass is 16.4. The Bertz CT molecular complexity index is 606. The van der Waals surface area contributed by atoms with Crippen LogP contribution in [0.2, 0.25) is 0 Å². The molecule has 1 saturated heterocycles. The lowest BCUT2D eigenvalue weighted by Gasteiger charge is -2.18. The molecule has 0 saturated carbocycles. The van der Waals surface area contributed by atoms with E-state index in [1.54, 1.807) is 6.07 Å². The van der Waals surface area contributed by atoms with Gasteiger partial charge in [-0.1, -0.05) is 12.1 Å². The van der Waals surface area contributed by atoms with Crippen LogP contribution in [-0.4, -0.2) is 34.1 Å². The molecule has 1 aliphatic rings. The van der Waals surface area contributed by atoms with E-state index in [1.165, 1.54) is 0 Å². The van der Waals surface area contributed by atoms with Crippen molar-refractivity contribution in [2.45, 2.75) is 12.8 Å². The largest absolute Gasteiger partial charge is 0.476 e. The van der Waals surface area contributed by atoms with Crippen molar-refractivity contribution in [2.24, 2.45) is 0 Å². The molecule has 1 aliphatic heterocycles. The van der Waals surface area contributed by atoms with E-state index >= 15 is 0 Å². The summed E-state index contributed by atoms with van der Waals surface area (Å²) in [5.74, 6) is -0.520. The van der Waals surface area contributed by atoms with Crippen molar-refractivity contribution in [3.05, 3.63) is 30.0 Å². The van der Waals surface area contributed by atoms with Crippen molar-refractivity contribution in [3.63, 3.8) is 0 Å². The van der Waals surface area contributed by atoms with Crippen molar-refractivity contribution in [1.29, 1.82) is 0 Å². The summed E-state index contributed by atoms with van der Waals surface area (Å²) < 4.78 is 0. The average molecular weight is 243 g/mol. The zero-order chi connectivity index (χ0) is 12.5. The van der Waals surface area contributed by atoms with Gasteiger partial charge in [-0.05, 0) is 25.0 Å². The Kier molecular flexibility index (Phi) is 2.59. The average Bonchev–Trinajstić information content (AvgIpc) is 2.91. The highest BCUT2D eigenvalue weighted by Crippen LogP contribution is 2.23. The van der Waals surface area contributed by atoms with Crippen molar-refractivity contribution in [3.8, 4) is 0 Å². The Morgan fingerprint density at radius 2 is 1.72 bits per heavy atom. The summed E-state index contributed by atoms with van der Waals surface area (Å²) in [7, 11) is 0. The van der Waals surface area contributed by atoms with Crippen LogP contribution in [0.4, 0.5) is 5.82 Å². The van der Waals surface area contributed by atoms with Crippen LogP contribution in [0.1, 0.15) is 23.3 Å². The number of fused-ring (bicyclic) bond motifs is 1. The number of hydrogen-bond acceptors (Lipinski definition) is 4. The van der Waals surface area contributed by atoms with Crippen LogP contribution in [0.3, 0.4) is 0 Å². The van der Waals surface area contributed by atoms with E-state index in [1.807, 2.05) is 23.1 Å². The van der Waals surface area contributed by atoms with Gasteiger partial charge in [0.05, 0.1) is 11.0 Å². The molecule has 0 amide bonds. The Labute approximate surface area is 104 Å². The highest BCUT2D eigenvalue weighted by Gasteiger charge is 2.22. The second kappa shape index (κ2) is 4.25. The Morgan fingerprint density at radius 3 is 2.33 bits per heavy atom. The first-order chi connectivity index (χ1) is 8.75. The highest BCUT2D eigenvalue weighted by molar-refractivity contribution is 5.94. The summed E-state index contributed by atoms with van der Waals surface area (Å²) in [5.41, 5.74) is 1.41. The van der Waals surface area contributed by atoms with Crippen molar-refractivity contribution >= 4 is 22.8 Å². The van der Waals surface area contributed by atoms with Gasteiger partial charge in [0, 0.05) is 13.1 Å². The molecule has 1 fully saturated rings. The minimum atomic E-state index is -1.02. The number of carboxylic acids is 1. The van der Waals surface area contributed by atoms with Crippen LogP contribution in [0.25, 0.3) is 11.0 Å². The summed E-state index contributed by atoms with van der Waals surface area (Å²) >= 11 is 0. The molecule has 2 heterocycles. The normalized spacial score (nSPS) is 15.2. The Balaban J connectivity index is 2.20. The molecule has 0 aliphatic carbocycles. The molecule has 5 heteroatoms. The minimum absolute atomic E-state index is 0.0515. The Hall–Kier alpha value is -2.17. The molecular formula is C13H13N3O2. The molecule has 1 aromatic heterocycles. The van der Waals surface area contributed by atoms with Gasteiger partial charge in [0.25, 0.3) is 0 Å². The molecule has 5 nitrogen and oxygen atoms in total. The standard InChI is InChI=1S/C13H13N3O2/c17-13(18)11-12(16-7-3-4-8-16)15-10-6-2-1-5-9(10)14-11/h1-2,5-6H,3-4,7-8H2,(H,17,18). The smallest absolute Gasteiger partial charge is 0.358 e. The van der Waals surface area contributed by atoms with E-state index in [9.17, 15) is 9.90 Å². The molecule has 0 spiro atoms. The summed E-state index contributed by atoms with van der Waals surface area (Å²) in [5, 5.41) is 9.26. The maximum atomic E-state index is 11.3. The number of benzene rings is 1. The third-order valence-electron chi connectivity index (χ3n) is 3.16. The summed E-state index contributed by atoms with van der Waals surface area (Å²) in [6.45, 7) is 1.71. The topological polar surface area (TPSA) is 66.3 Å². The monoisotopic (exact) mass is 243 g/mol. The first-order valence-corrected chi connectivity index (χ1v) is 6.01. The lowest BCUT2D eigenvalue weighted by atomic mass is 10.2. The van der Waals surface area contributed by atoms with Crippen molar-refractivity contribution in [2.75, 3.05) is 18.0 Å². The number of aromatic nitrogens is 2. The Morgan fingerprint density at radius 1 is 1.11 bits per heavy atom. The second-order valence-corrected chi connectivity index (χ2v) is 4.38. The molecule has 18 heavy (non-hydrogen) atoms. The van der Waals surface area contributed by atoms with Crippen molar-refractivity contribution in [1.82, 2.24) is 9.97 Å². The van der Waals surface area contributed by atoms with Gasteiger partial charge in [-0.25, -0.2) is 14.8 Å². The van der Waals surface area contributed by atoms with E-state index in [0.29, 0.717) is 11.3 Å². The van der Waals surface area contributed by atoms with Gasteiger partial charge in [-0.2, -0.15) is 0 Å². The summed E-state index contributed by atoms with van der Waals surface area (Å²) in [6, 6.07) is 7.35. The number of rotatable bonds is 2. The van der Waals surface area contributed by atoms with Crippen LogP contribution in [0.5, 0.6) is 0 Å². The molecule has 1 N–H and O–H groups in total. The second-order valence-electron chi connectivity index (χ2n) is 4.38. The van der Waals surface area contributed by atoms with Gasteiger partial charge in [-0.3, -0.25) is 0 Å². The maximum absolute atomic E-state index is 11.3. The molecule has 92 valence electrons. The van der Waals surface area contributed by atoms with Gasteiger partial charge >= 0.3 is 5.97 Å². The lowest BCUT2D eigenvalue weighted by Crippen LogP contribution is -2.23. The third kappa shape index (κ3) is 1.77. The van der Waals surface area contributed by atoms with E-state index in [-0.39, 0.29) is 5.69 Å². The predicted molar refractivity (Wildman–Crippen MR) is 67.9 cm³/mol. The fourth-order valence-corrected chi connectivity index (χ4v) is 2.28. The third-order valence-corrected chi connectivity index (χ3v) is 3.16. The molecular weight excluding hydrogens is 230 g/mol. The van der Waals surface area contributed by atoms with Gasteiger partial charge in [0.1, 0.15) is 0 Å². The van der Waals surface area contributed by atoms with E-state index in [0.717, 1.165) is 31.4 Å². The predicted octanol–water partition coefficient (Wildman–Crippen LogP) is 1.93. The van der Waals surface area contributed by atoms with Crippen LogP contribution in [-0.2, 0) is 0 Å². The van der Waals surface area contributed by atoms with Crippen LogP contribution >= 0.6 is 0 Å². The minimum Gasteiger partial charge on any atom is -0.476 e. The quantitative estimate of drug-likeness (QED) is 0.873. The SMILES string of the molecule is O=C(O)c1nc2ccccc2nc1N1CCCC1. The molecule has 0 atom stereocenters. The molecule has 0 radical (unpaired) electrons. The number of carboxylic acid groups (broad SMARTS) is 1. The number of aromatic carboxylic acids is 1. The molecule has 3 rings (SSSR count). The van der Waals surface area contributed by atoms with Gasteiger partial charge in [0.2, 0.25) is 0 Å². The van der Waals surface area contributed by atoms with Crippen LogP contribution in [0.15, 0.2) is 24.3 Å².